The molecule has 0 aliphatic rings. The molecule has 172 valence electrons. The minimum Gasteiger partial charge on any atom is -0.456 e. The molecule has 0 fully saturated rings. The summed E-state index contributed by atoms with van der Waals surface area (Å²) in [6.45, 7) is 2.06. The van der Waals surface area contributed by atoms with Crippen molar-refractivity contribution in [1.82, 2.24) is 14.9 Å². The quantitative estimate of drug-likeness (QED) is 0.477. The standard InChI is InChI=1S/C25H27N3O5/c1-2-3-15-28-21-12-8-7-11-19(21)26-20(25(28)32)13-14-24(31)33-17-23(30)27-22(29)16-18-9-5-4-6-10-18/h4-12H,2-3,13-17H2,1H3,(H,27,29,30). The number of nitrogens with one attached hydrogen (secondary N) is 1. The van der Waals surface area contributed by atoms with E-state index in [9.17, 15) is 19.2 Å². The molecule has 0 unspecified atom stereocenters. The number of ether oxygens (including phenoxy) is 1. The predicted molar refractivity (Wildman–Crippen MR) is 123 cm³/mol. The number of carbonyl (C=O) groups is 3. The highest BCUT2D eigenvalue weighted by molar-refractivity contribution is 5.97. The van der Waals surface area contributed by atoms with Crippen LogP contribution < -0.4 is 10.9 Å². The maximum absolute atomic E-state index is 12.9. The Balaban J connectivity index is 1.53. The third-order valence-corrected chi connectivity index (χ3v) is 5.07. The summed E-state index contributed by atoms with van der Waals surface area (Å²) in [7, 11) is 0. The van der Waals surface area contributed by atoms with Crippen molar-refractivity contribution in [2.24, 2.45) is 0 Å². The van der Waals surface area contributed by atoms with Crippen LogP contribution in [0.15, 0.2) is 59.4 Å². The first-order chi connectivity index (χ1) is 16.0. The van der Waals surface area contributed by atoms with Crippen LogP contribution in [0.3, 0.4) is 0 Å². The number of para-hydroxylation sites is 2. The van der Waals surface area contributed by atoms with Gasteiger partial charge in [0.25, 0.3) is 11.5 Å². The summed E-state index contributed by atoms with van der Waals surface area (Å²) in [6, 6.07) is 16.4. The Hall–Kier alpha value is -3.81. The fraction of sp³-hybridized carbons (Fsp3) is 0.320. The monoisotopic (exact) mass is 449 g/mol. The Morgan fingerprint density at radius 3 is 2.48 bits per heavy atom. The van der Waals surface area contributed by atoms with Gasteiger partial charge in [0, 0.05) is 13.0 Å². The number of imide groups is 1. The maximum Gasteiger partial charge on any atom is 0.306 e. The van der Waals surface area contributed by atoms with Crippen LogP contribution in [0.4, 0.5) is 0 Å². The summed E-state index contributed by atoms with van der Waals surface area (Å²) in [5.74, 6) is -1.82. The van der Waals surface area contributed by atoms with Gasteiger partial charge in [-0.25, -0.2) is 4.98 Å². The first-order valence-corrected chi connectivity index (χ1v) is 11.0. The molecule has 0 aliphatic heterocycles. The molecule has 1 heterocycles. The molecule has 3 aromatic rings. The lowest BCUT2D eigenvalue weighted by atomic mass is 10.1. The van der Waals surface area contributed by atoms with Crippen molar-refractivity contribution in [2.75, 3.05) is 6.61 Å². The zero-order valence-electron chi connectivity index (χ0n) is 18.6. The van der Waals surface area contributed by atoms with Gasteiger partial charge in [0.15, 0.2) is 6.61 Å². The number of amides is 2. The lowest BCUT2D eigenvalue weighted by Crippen LogP contribution is -2.35. The van der Waals surface area contributed by atoms with Crippen LogP contribution in [0, 0.1) is 0 Å². The second kappa shape index (κ2) is 11.7. The van der Waals surface area contributed by atoms with E-state index in [0.717, 1.165) is 23.9 Å². The number of rotatable bonds is 10. The van der Waals surface area contributed by atoms with E-state index < -0.39 is 24.4 Å². The van der Waals surface area contributed by atoms with E-state index in [1.807, 2.05) is 30.3 Å². The van der Waals surface area contributed by atoms with Gasteiger partial charge in [-0.2, -0.15) is 0 Å². The Kier molecular flexibility index (Phi) is 8.46. The van der Waals surface area contributed by atoms with Gasteiger partial charge in [0.05, 0.1) is 23.9 Å². The number of fused-ring (bicyclic) bond motifs is 1. The number of hydrogen-bond acceptors (Lipinski definition) is 6. The van der Waals surface area contributed by atoms with Crippen LogP contribution >= 0.6 is 0 Å². The maximum atomic E-state index is 12.9. The average molecular weight is 450 g/mol. The smallest absolute Gasteiger partial charge is 0.306 e. The molecule has 8 nitrogen and oxygen atoms in total. The molecule has 1 aromatic heterocycles. The zero-order chi connectivity index (χ0) is 23.6. The van der Waals surface area contributed by atoms with Crippen molar-refractivity contribution in [2.45, 2.75) is 45.6 Å². The largest absolute Gasteiger partial charge is 0.456 e. The van der Waals surface area contributed by atoms with E-state index in [-0.39, 0.29) is 30.5 Å². The topological polar surface area (TPSA) is 107 Å². The highest BCUT2D eigenvalue weighted by Crippen LogP contribution is 2.12. The summed E-state index contributed by atoms with van der Waals surface area (Å²) >= 11 is 0. The molecule has 0 spiro atoms. The van der Waals surface area contributed by atoms with E-state index in [4.69, 9.17) is 4.74 Å². The minimum atomic E-state index is -0.699. The third kappa shape index (κ3) is 6.83. The number of aromatic nitrogens is 2. The molecule has 1 N–H and O–H groups in total. The van der Waals surface area contributed by atoms with Gasteiger partial charge in [-0.15, -0.1) is 0 Å². The molecule has 0 bridgehead atoms. The number of benzene rings is 2. The van der Waals surface area contributed by atoms with Crippen LogP contribution in [-0.4, -0.2) is 33.9 Å². The molecule has 3 rings (SSSR count). The van der Waals surface area contributed by atoms with Crippen molar-refractivity contribution in [3.05, 3.63) is 76.2 Å². The number of aryl methyl sites for hydroxylation is 2. The van der Waals surface area contributed by atoms with Crippen molar-refractivity contribution in [1.29, 1.82) is 0 Å². The number of esters is 1. The van der Waals surface area contributed by atoms with Gasteiger partial charge in [0.1, 0.15) is 5.69 Å². The van der Waals surface area contributed by atoms with Crippen LogP contribution in [0.25, 0.3) is 11.0 Å². The first kappa shape index (κ1) is 23.8. The number of carbonyl (C=O) groups excluding carboxylic acids is 3. The predicted octanol–water partition coefficient (Wildman–Crippen LogP) is 2.56. The molecule has 0 saturated heterocycles. The Labute approximate surface area is 191 Å². The molecular formula is C25H27N3O5. The van der Waals surface area contributed by atoms with Gasteiger partial charge in [-0.3, -0.25) is 24.5 Å². The van der Waals surface area contributed by atoms with Crippen molar-refractivity contribution >= 4 is 28.8 Å². The van der Waals surface area contributed by atoms with E-state index in [1.165, 1.54) is 0 Å². The molecule has 0 radical (unpaired) electrons. The lowest BCUT2D eigenvalue weighted by Gasteiger charge is -2.12. The zero-order valence-corrected chi connectivity index (χ0v) is 18.6. The normalized spacial score (nSPS) is 10.7. The Bertz CT molecular complexity index is 1190. The molecular weight excluding hydrogens is 422 g/mol. The highest BCUT2D eigenvalue weighted by atomic mass is 16.5. The second-order valence-electron chi connectivity index (χ2n) is 7.65. The van der Waals surface area contributed by atoms with E-state index in [2.05, 4.69) is 17.2 Å². The van der Waals surface area contributed by atoms with E-state index in [1.54, 1.807) is 28.8 Å². The summed E-state index contributed by atoms with van der Waals surface area (Å²) in [5.41, 5.74) is 2.28. The lowest BCUT2D eigenvalue weighted by molar-refractivity contribution is -0.149. The van der Waals surface area contributed by atoms with E-state index in [0.29, 0.717) is 12.1 Å². The van der Waals surface area contributed by atoms with Crippen LogP contribution in [0.5, 0.6) is 0 Å². The summed E-state index contributed by atoms with van der Waals surface area (Å²) in [4.78, 5) is 53.2. The van der Waals surface area contributed by atoms with Crippen LogP contribution in [0.2, 0.25) is 0 Å². The van der Waals surface area contributed by atoms with Crippen LogP contribution in [0.1, 0.15) is 37.4 Å². The summed E-state index contributed by atoms with van der Waals surface area (Å²) in [6.07, 6.45) is 1.86. The Morgan fingerprint density at radius 1 is 1.00 bits per heavy atom. The first-order valence-electron chi connectivity index (χ1n) is 11.0. The number of unbranched alkanes of at least 4 members (excludes halogenated alkanes) is 1. The second-order valence-corrected chi connectivity index (χ2v) is 7.65. The van der Waals surface area contributed by atoms with E-state index >= 15 is 0 Å². The molecule has 0 aliphatic carbocycles. The fourth-order valence-corrected chi connectivity index (χ4v) is 3.40. The minimum absolute atomic E-state index is 0.0540. The van der Waals surface area contributed by atoms with Gasteiger partial charge in [0.2, 0.25) is 5.91 Å². The summed E-state index contributed by atoms with van der Waals surface area (Å²) in [5, 5.41) is 2.19. The van der Waals surface area contributed by atoms with Gasteiger partial charge in [-0.1, -0.05) is 55.8 Å². The molecule has 33 heavy (non-hydrogen) atoms. The van der Waals surface area contributed by atoms with Crippen LogP contribution in [-0.2, 0) is 38.5 Å². The van der Waals surface area contributed by atoms with Crippen molar-refractivity contribution in [3.8, 4) is 0 Å². The number of hydrogen-bond donors (Lipinski definition) is 1. The SMILES string of the molecule is CCCCn1c(=O)c(CCC(=O)OCC(=O)NC(=O)Cc2ccccc2)nc2ccccc21. The fourth-order valence-electron chi connectivity index (χ4n) is 3.40. The molecule has 8 heteroatoms. The van der Waals surface area contributed by atoms with Gasteiger partial charge in [-0.05, 0) is 24.1 Å². The van der Waals surface area contributed by atoms with Gasteiger partial charge >= 0.3 is 5.97 Å². The molecule has 2 aromatic carbocycles. The van der Waals surface area contributed by atoms with Gasteiger partial charge < -0.3 is 9.30 Å². The average Bonchev–Trinajstić information content (AvgIpc) is 2.81. The van der Waals surface area contributed by atoms with Crippen molar-refractivity contribution < 1.29 is 19.1 Å². The number of nitrogens with zero attached hydrogens (tertiary/aromatic N) is 2. The third-order valence-electron chi connectivity index (χ3n) is 5.07. The molecule has 2 amide bonds. The van der Waals surface area contributed by atoms with Crippen molar-refractivity contribution in [3.63, 3.8) is 0 Å². The highest BCUT2D eigenvalue weighted by Gasteiger charge is 2.15. The molecule has 0 saturated carbocycles. The summed E-state index contributed by atoms with van der Waals surface area (Å²) < 4.78 is 6.65. The molecule has 0 atom stereocenters. The Morgan fingerprint density at radius 2 is 1.73 bits per heavy atom.